The molecule has 44 heavy (non-hydrogen) atoms. The Kier molecular flexibility index (Phi) is 11.9. The van der Waals surface area contributed by atoms with Crippen molar-refractivity contribution in [3.63, 3.8) is 0 Å². The molecular weight excluding hydrogens is 558 g/mol. The molecule has 11 nitrogen and oxygen atoms in total. The van der Waals surface area contributed by atoms with Crippen molar-refractivity contribution < 1.29 is 19.2 Å². The molecule has 2 heterocycles. The summed E-state index contributed by atoms with van der Waals surface area (Å²) < 4.78 is 1.50. The third-order valence-corrected chi connectivity index (χ3v) is 8.95. The Bertz CT molecular complexity index is 1270. The summed E-state index contributed by atoms with van der Waals surface area (Å²) in [5.41, 5.74) is 1.89. The highest BCUT2D eigenvalue weighted by Crippen LogP contribution is 2.27. The minimum atomic E-state index is -0.663. The van der Waals surface area contributed by atoms with Gasteiger partial charge in [-0.25, -0.2) is 0 Å². The molecule has 240 valence electrons. The highest BCUT2D eigenvalue weighted by molar-refractivity contribution is 6.00. The number of carbonyl (C=O) groups excluding carboxylic acids is 4. The van der Waals surface area contributed by atoms with Gasteiger partial charge in [-0.15, -0.1) is 0 Å². The molecule has 2 aliphatic rings. The molecule has 1 aliphatic carbocycles. The maximum atomic E-state index is 13.6. The van der Waals surface area contributed by atoms with Crippen molar-refractivity contribution in [2.75, 3.05) is 31.5 Å². The van der Waals surface area contributed by atoms with Crippen LogP contribution in [0.2, 0.25) is 0 Å². The number of carbonyl (C=O) groups is 4. The molecule has 2 aromatic rings. The lowest BCUT2D eigenvalue weighted by molar-refractivity contribution is -0.138. The minimum Gasteiger partial charge on any atom is -0.344 e. The van der Waals surface area contributed by atoms with Gasteiger partial charge < -0.3 is 20.9 Å². The zero-order valence-electron chi connectivity index (χ0n) is 26.7. The van der Waals surface area contributed by atoms with Gasteiger partial charge in [0.2, 0.25) is 17.7 Å². The van der Waals surface area contributed by atoms with Gasteiger partial charge in [-0.1, -0.05) is 45.2 Å². The van der Waals surface area contributed by atoms with E-state index in [1.807, 2.05) is 29.2 Å². The molecule has 0 spiro atoms. The SMILES string of the molecule is CCCN1CCN(C(=O)[C@@H](Cc2ccc(NC(=O)[C@@H](NC(=O)c3ccnn3C)C3CCCCC3)cc2)NC(=O)CC)C[C@@H]1C. The molecule has 11 heteroatoms. The predicted octanol–water partition coefficient (Wildman–Crippen LogP) is 3.12. The fourth-order valence-electron chi connectivity index (χ4n) is 6.39. The standard InChI is InChI=1S/C33H49N7O4/c1-5-18-39-19-20-40(22-23(39)3)33(44)27(36-29(41)6-2)21-24-12-14-26(15-13-24)35-32(43)30(25-10-8-7-9-11-25)37-31(42)28-16-17-34-38(28)4/h12-17,23,25,27,30H,5-11,18-22H2,1-4H3,(H,35,43)(H,36,41)(H,37,42)/t23-,27+,30-/m0/s1. The number of nitrogens with one attached hydrogen (secondary N) is 3. The second-order valence-electron chi connectivity index (χ2n) is 12.2. The van der Waals surface area contributed by atoms with Crippen molar-refractivity contribution in [2.45, 2.75) is 90.3 Å². The second-order valence-corrected chi connectivity index (χ2v) is 12.2. The number of hydrogen-bond donors (Lipinski definition) is 3. The van der Waals surface area contributed by atoms with Gasteiger partial charge in [0.05, 0.1) is 0 Å². The summed E-state index contributed by atoms with van der Waals surface area (Å²) in [6.45, 7) is 9.21. The monoisotopic (exact) mass is 607 g/mol. The number of nitrogens with zero attached hydrogens (tertiary/aromatic N) is 4. The molecule has 1 saturated carbocycles. The van der Waals surface area contributed by atoms with E-state index >= 15 is 0 Å². The van der Waals surface area contributed by atoms with Crippen LogP contribution in [0, 0.1) is 5.92 Å². The van der Waals surface area contributed by atoms with Gasteiger partial charge in [0, 0.05) is 57.4 Å². The maximum Gasteiger partial charge on any atom is 0.270 e. The molecule has 1 aromatic carbocycles. The fraction of sp³-hybridized carbons (Fsp3) is 0.606. The van der Waals surface area contributed by atoms with Crippen LogP contribution in [0.5, 0.6) is 0 Å². The molecule has 2 fully saturated rings. The molecule has 0 unspecified atom stereocenters. The Balaban J connectivity index is 1.42. The lowest BCUT2D eigenvalue weighted by Gasteiger charge is -2.41. The Morgan fingerprint density at radius 2 is 1.70 bits per heavy atom. The second kappa shape index (κ2) is 15.8. The highest BCUT2D eigenvalue weighted by atomic mass is 16.2. The van der Waals surface area contributed by atoms with E-state index in [-0.39, 0.29) is 35.6 Å². The molecular formula is C33H49N7O4. The van der Waals surface area contributed by atoms with Gasteiger partial charge in [0.15, 0.2) is 0 Å². The average molecular weight is 608 g/mol. The lowest BCUT2D eigenvalue weighted by atomic mass is 9.83. The molecule has 1 saturated heterocycles. The topological polar surface area (TPSA) is 129 Å². The normalized spacial score (nSPS) is 19.2. The number of benzene rings is 1. The number of hydrogen-bond acceptors (Lipinski definition) is 6. The van der Waals surface area contributed by atoms with Crippen molar-refractivity contribution in [1.82, 2.24) is 30.2 Å². The van der Waals surface area contributed by atoms with Crippen LogP contribution in [-0.2, 0) is 27.9 Å². The molecule has 3 atom stereocenters. The van der Waals surface area contributed by atoms with Crippen LogP contribution in [-0.4, -0.2) is 87.5 Å². The Labute approximate surface area is 261 Å². The summed E-state index contributed by atoms with van der Waals surface area (Å²) in [5, 5.41) is 13.0. The van der Waals surface area contributed by atoms with Crippen LogP contribution in [0.25, 0.3) is 0 Å². The average Bonchev–Trinajstić information content (AvgIpc) is 3.47. The van der Waals surface area contributed by atoms with Crippen molar-refractivity contribution in [2.24, 2.45) is 13.0 Å². The summed E-state index contributed by atoms with van der Waals surface area (Å²) in [7, 11) is 1.70. The summed E-state index contributed by atoms with van der Waals surface area (Å²) >= 11 is 0. The van der Waals surface area contributed by atoms with Gasteiger partial charge in [-0.2, -0.15) is 5.10 Å². The van der Waals surface area contributed by atoms with Crippen LogP contribution in [0.1, 0.15) is 81.8 Å². The van der Waals surface area contributed by atoms with Gasteiger partial charge in [0.25, 0.3) is 5.91 Å². The largest absolute Gasteiger partial charge is 0.344 e. The minimum absolute atomic E-state index is 0.0562. The number of aryl methyl sites for hydroxylation is 1. The van der Waals surface area contributed by atoms with Crippen molar-refractivity contribution in [3.05, 3.63) is 47.8 Å². The van der Waals surface area contributed by atoms with E-state index in [0.717, 1.165) is 57.2 Å². The molecule has 4 rings (SSSR count). The Morgan fingerprint density at radius 1 is 0.977 bits per heavy atom. The van der Waals surface area contributed by atoms with Crippen LogP contribution < -0.4 is 16.0 Å². The summed E-state index contributed by atoms with van der Waals surface area (Å²) in [6.07, 6.45) is 8.26. The van der Waals surface area contributed by atoms with E-state index in [1.165, 1.54) is 4.68 Å². The number of amides is 4. The summed E-state index contributed by atoms with van der Waals surface area (Å²) in [6, 6.07) is 7.95. The third kappa shape index (κ3) is 8.68. The van der Waals surface area contributed by atoms with Gasteiger partial charge >= 0.3 is 0 Å². The summed E-state index contributed by atoms with van der Waals surface area (Å²) in [5.74, 6) is -0.740. The molecule has 0 radical (unpaired) electrons. The number of anilines is 1. The van der Waals surface area contributed by atoms with Crippen molar-refractivity contribution in [1.29, 1.82) is 0 Å². The van der Waals surface area contributed by atoms with Crippen LogP contribution in [0.15, 0.2) is 36.5 Å². The quantitative estimate of drug-likeness (QED) is 0.340. The third-order valence-electron chi connectivity index (χ3n) is 8.95. The predicted molar refractivity (Wildman–Crippen MR) is 170 cm³/mol. The van der Waals surface area contributed by atoms with E-state index in [2.05, 4.69) is 39.8 Å². The molecule has 1 aliphatic heterocycles. The molecule has 0 bridgehead atoms. The van der Waals surface area contributed by atoms with Gasteiger partial charge in [-0.05, 0) is 62.4 Å². The van der Waals surface area contributed by atoms with Crippen molar-refractivity contribution in [3.8, 4) is 0 Å². The van der Waals surface area contributed by atoms with Gasteiger partial charge in [0.1, 0.15) is 17.8 Å². The van der Waals surface area contributed by atoms with E-state index in [4.69, 9.17) is 0 Å². The first-order valence-electron chi connectivity index (χ1n) is 16.2. The summed E-state index contributed by atoms with van der Waals surface area (Å²) in [4.78, 5) is 56.8. The highest BCUT2D eigenvalue weighted by Gasteiger charge is 2.33. The Hall–Kier alpha value is -3.73. The van der Waals surface area contributed by atoms with Crippen LogP contribution in [0.3, 0.4) is 0 Å². The molecule has 4 amide bonds. The van der Waals surface area contributed by atoms with Gasteiger partial charge in [-0.3, -0.25) is 28.8 Å². The lowest BCUT2D eigenvalue weighted by Crippen LogP contribution is -2.58. The van der Waals surface area contributed by atoms with E-state index in [9.17, 15) is 19.2 Å². The smallest absolute Gasteiger partial charge is 0.270 e. The zero-order valence-corrected chi connectivity index (χ0v) is 26.7. The first-order chi connectivity index (χ1) is 21.2. The zero-order chi connectivity index (χ0) is 31.6. The van der Waals surface area contributed by atoms with E-state index in [0.29, 0.717) is 37.3 Å². The van der Waals surface area contributed by atoms with Crippen LogP contribution in [0.4, 0.5) is 5.69 Å². The first-order valence-corrected chi connectivity index (χ1v) is 16.2. The Morgan fingerprint density at radius 3 is 2.32 bits per heavy atom. The van der Waals surface area contributed by atoms with E-state index in [1.54, 1.807) is 26.2 Å². The first kappa shape index (κ1) is 33.2. The van der Waals surface area contributed by atoms with Crippen LogP contribution >= 0.6 is 0 Å². The number of piperazine rings is 1. The number of rotatable bonds is 12. The fourth-order valence-corrected chi connectivity index (χ4v) is 6.39. The molecule has 1 aromatic heterocycles. The molecule has 3 N–H and O–H groups in total. The number of aromatic nitrogens is 2. The van der Waals surface area contributed by atoms with Crippen molar-refractivity contribution >= 4 is 29.3 Å². The van der Waals surface area contributed by atoms with E-state index < -0.39 is 12.1 Å². The maximum absolute atomic E-state index is 13.6.